The highest BCUT2D eigenvalue weighted by Crippen LogP contribution is 2.70. The van der Waals surface area contributed by atoms with Gasteiger partial charge in [0.2, 0.25) is 0 Å². The van der Waals surface area contributed by atoms with Crippen molar-refractivity contribution in [3.8, 4) is 0 Å². The quantitative estimate of drug-likeness (QED) is 0.335. The Balaban J connectivity index is 1.09. The Morgan fingerprint density at radius 1 is 1.18 bits per heavy atom. The molecule has 2 aromatic rings. The second kappa shape index (κ2) is 8.53. The number of furan rings is 1. The van der Waals surface area contributed by atoms with Crippen LogP contribution in [0.2, 0.25) is 0 Å². The Bertz CT molecular complexity index is 1010. The first-order valence-corrected chi connectivity index (χ1v) is 13.2. The van der Waals surface area contributed by atoms with Gasteiger partial charge >= 0.3 is 5.97 Å². The lowest BCUT2D eigenvalue weighted by Crippen LogP contribution is -2.54. The van der Waals surface area contributed by atoms with Crippen LogP contribution in [0.3, 0.4) is 0 Å². The number of hydrogen-bond acceptors (Lipinski definition) is 5. The minimum absolute atomic E-state index is 0.0178. The van der Waals surface area contributed by atoms with Gasteiger partial charge in [0.1, 0.15) is 17.5 Å². The monoisotopic (exact) mass is 463 g/mol. The van der Waals surface area contributed by atoms with Gasteiger partial charge in [-0.15, -0.1) is 0 Å². The molecule has 4 aliphatic rings. The Morgan fingerprint density at radius 3 is 2.82 bits per heavy atom. The maximum atomic E-state index is 12.9. The first-order valence-electron chi connectivity index (χ1n) is 13.2. The summed E-state index contributed by atoms with van der Waals surface area (Å²) >= 11 is 0. The average molecular weight is 464 g/mol. The number of nitrogens with one attached hydrogen (secondary N) is 1. The van der Waals surface area contributed by atoms with Gasteiger partial charge in [-0.25, -0.2) is 0 Å². The van der Waals surface area contributed by atoms with E-state index in [9.17, 15) is 4.79 Å². The number of benzene rings is 1. The predicted molar refractivity (Wildman–Crippen MR) is 129 cm³/mol. The van der Waals surface area contributed by atoms with E-state index in [0.717, 1.165) is 31.6 Å². The minimum Gasteiger partial charge on any atom is -0.469 e. The van der Waals surface area contributed by atoms with Crippen molar-refractivity contribution < 1.29 is 18.7 Å². The number of ether oxygens (including phenoxy) is 2. The van der Waals surface area contributed by atoms with Crippen LogP contribution in [-0.2, 0) is 20.7 Å². The number of epoxide rings is 1. The number of fused-ring (bicyclic) bond motifs is 2. The van der Waals surface area contributed by atoms with Crippen molar-refractivity contribution >= 4 is 5.97 Å². The van der Waals surface area contributed by atoms with E-state index in [1.807, 2.05) is 6.07 Å². The molecule has 1 spiro atoms. The van der Waals surface area contributed by atoms with Crippen LogP contribution in [0.25, 0.3) is 0 Å². The predicted octanol–water partition coefficient (Wildman–Crippen LogP) is 5.11. The molecule has 6 rings (SSSR count). The highest BCUT2D eigenvalue weighted by molar-refractivity contribution is 5.76. The Labute approximate surface area is 202 Å². The number of carbonyl (C=O) groups excluding carboxylic acids is 1. The molecule has 2 aliphatic carbocycles. The number of carbonyl (C=O) groups is 1. The van der Waals surface area contributed by atoms with Gasteiger partial charge < -0.3 is 19.2 Å². The fraction of sp³-hybridized carbons (Fsp3) is 0.621. The largest absolute Gasteiger partial charge is 0.469 e. The summed E-state index contributed by atoms with van der Waals surface area (Å²) in [6, 6.07) is 14.6. The molecule has 4 fully saturated rings. The molecule has 34 heavy (non-hydrogen) atoms. The Morgan fingerprint density at radius 2 is 2.03 bits per heavy atom. The van der Waals surface area contributed by atoms with Gasteiger partial charge in [0, 0.05) is 23.8 Å². The van der Waals surface area contributed by atoms with E-state index in [1.54, 1.807) is 6.26 Å². The summed E-state index contributed by atoms with van der Waals surface area (Å²) in [7, 11) is 0. The molecule has 1 N–H and O–H groups in total. The molecule has 0 amide bonds. The standard InChI is InChI=1S/C29H37NO4/c1-19-8-6-13-28(2)17-24-25(26-29(19,28)34-26)22(27(31)33-24)18-30-14-12-21(23-11-7-15-32-23)16-20-9-4-3-5-10-20/h3-5,7,9-11,15,19,21-22,24-26,30H,6,8,12-14,16-18H2,1-2H3/t19-,21?,22?,24+,25+,26?,28+,29?/m0/s1. The fourth-order valence-electron chi connectivity index (χ4n) is 7.77. The second-order valence-electron chi connectivity index (χ2n) is 11.4. The lowest BCUT2D eigenvalue weighted by Gasteiger charge is -2.48. The van der Waals surface area contributed by atoms with Crippen molar-refractivity contribution in [1.82, 2.24) is 5.32 Å². The van der Waals surface area contributed by atoms with Gasteiger partial charge in [-0.05, 0) is 62.3 Å². The van der Waals surface area contributed by atoms with E-state index in [2.05, 4.69) is 55.6 Å². The van der Waals surface area contributed by atoms with Gasteiger partial charge in [0.25, 0.3) is 0 Å². The number of rotatable bonds is 8. The number of esters is 1. The van der Waals surface area contributed by atoms with Crippen molar-refractivity contribution in [3.05, 3.63) is 60.1 Å². The first-order chi connectivity index (χ1) is 16.5. The molecule has 4 unspecified atom stereocenters. The molecule has 3 heterocycles. The zero-order valence-corrected chi connectivity index (χ0v) is 20.4. The zero-order valence-electron chi connectivity index (χ0n) is 20.4. The van der Waals surface area contributed by atoms with E-state index in [-0.39, 0.29) is 41.0 Å². The zero-order chi connectivity index (χ0) is 23.3. The third-order valence-electron chi connectivity index (χ3n) is 9.50. The molecule has 2 aliphatic heterocycles. The summed E-state index contributed by atoms with van der Waals surface area (Å²) in [6.07, 6.45) is 8.49. The topological polar surface area (TPSA) is 64.0 Å². The highest BCUT2D eigenvalue weighted by Gasteiger charge is 2.78. The summed E-state index contributed by atoms with van der Waals surface area (Å²) in [6.45, 7) is 6.23. The van der Waals surface area contributed by atoms with Crippen molar-refractivity contribution in [3.63, 3.8) is 0 Å². The maximum Gasteiger partial charge on any atom is 0.311 e. The van der Waals surface area contributed by atoms with Crippen molar-refractivity contribution in [2.75, 3.05) is 13.1 Å². The average Bonchev–Trinajstić information content (AvgIpc) is 3.20. The van der Waals surface area contributed by atoms with Crippen LogP contribution >= 0.6 is 0 Å². The van der Waals surface area contributed by atoms with Crippen molar-refractivity contribution in [2.24, 2.45) is 23.2 Å². The van der Waals surface area contributed by atoms with Crippen LogP contribution in [0.4, 0.5) is 0 Å². The minimum atomic E-state index is -0.107. The summed E-state index contributed by atoms with van der Waals surface area (Å²) in [5, 5.41) is 3.60. The van der Waals surface area contributed by atoms with Crippen LogP contribution in [-0.4, -0.2) is 36.9 Å². The van der Waals surface area contributed by atoms with E-state index in [4.69, 9.17) is 13.9 Å². The molecular weight excluding hydrogens is 426 g/mol. The summed E-state index contributed by atoms with van der Waals surface area (Å²) in [4.78, 5) is 12.9. The molecule has 2 saturated carbocycles. The van der Waals surface area contributed by atoms with Crippen LogP contribution < -0.4 is 5.32 Å². The summed E-state index contributed by atoms with van der Waals surface area (Å²) in [5.74, 6) is 1.95. The number of hydrogen-bond donors (Lipinski definition) is 1. The van der Waals surface area contributed by atoms with Gasteiger partial charge in [-0.1, -0.05) is 50.6 Å². The summed E-state index contributed by atoms with van der Waals surface area (Å²) in [5.41, 5.74) is 1.43. The maximum absolute atomic E-state index is 12.9. The fourth-order valence-corrected chi connectivity index (χ4v) is 7.77. The molecule has 0 bridgehead atoms. The van der Waals surface area contributed by atoms with Crippen LogP contribution in [0.1, 0.15) is 63.2 Å². The molecule has 1 aromatic heterocycles. The van der Waals surface area contributed by atoms with Crippen LogP contribution in [0.15, 0.2) is 53.1 Å². The van der Waals surface area contributed by atoms with Gasteiger partial charge in [0.15, 0.2) is 0 Å². The van der Waals surface area contributed by atoms with E-state index >= 15 is 0 Å². The van der Waals surface area contributed by atoms with Gasteiger partial charge in [0.05, 0.1) is 18.3 Å². The third kappa shape index (κ3) is 3.54. The summed E-state index contributed by atoms with van der Waals surface area (Å²) < 4.78 is 18.3. The third-order valence-corrected chi connectivity index (χ3v) is 9.50. The Hall–Kier alpha value is -2.11. The normalized spacial score (nSPS) is 39.0. The smallest absolute Gasteiger partial charge is 0.311 e. The molecule has 8 atom stereocenters. The van der Waals surface area contributed by atoms with E-state index in [1.165, 1.54) is 24.8 Å². The molecule has 182 valence electrons. The molecule has 5 nitrogen and oxygen atoms in total. The molecule has 1 aromatic carbocycles. The molecule has 5 heteroatoms. The van der Waals surface area contributed by atoms with Gasteiger partial charge in [-0.2, -0.15) is 0 Å². The second-order valence-corrected chi connectivity index (χ2v) is 11.4. The van der Waals surface area contributed by atoms with Crippen LogP contribution in [0, 0.1) is 23.2 Å². The van der Waals surface area contributed by atoms with Crippen molar-refractivity contribution in [1.29, 1.82) is 0 Å². The van der Waals surface area contributed by atoms with Gasteiger partial charge in [-0.3, -0.25) is 4.79 Å². The molecule has 2 saturated heterocycles. The first kappa shape index (κ1) is 22.4. The molecule has 0 radical (unpaired) electrons. The molecular formula is C29H37NO4. The van der Waals surface area contributed by atoms with E-state index < -0.39 is 0 Å². The van der Waals surface area contributed by atoms with E-state index in [0.29, 0.717) is 18.4 Å². The van der Waals surface area contributed by atoms with Crippen LogP contribution in [0.5, 0.6) is 0 Å². The lowest BCUT2D eigenvalue weighted by molar-refractivity contribution is -0.146. The lowest BCUT2D eigenvalue weighted by atomic mass is 9.53. The highest BCUT2D eigenvalue weighted by atomic mass is 16.6. The Kier molecular flexibility index (Phi) is 5.61. The SMILES string of the molecule is C[C@H]1CCC[C@]2(C)C[C@H]3OC(=O)C(CNCCC(Cc4ccccc4)c4ccco4)[C@H]3C3OC312. The van der Waals surface area contributed by atoms with Crippen molar-refractivity contribution in [2.45, 2.75) is 76.1 Å².